The van der Waals surface area contributed by atoms with Gasteiger partial charge in [-0.05, 0) is 67.3 Å². The number of aryl methyl sites for hydroxylation is 1. The van der Waals surface area contributed by atoms with E-state index in [4.69, 9.17) is 11.6 Å². The van der Waals surface area contributed by atoms with Gasteiger partial charge >= 0.3 is 0 Å². The molecule has 4 aromatic rings. The molecular formula is C28H26ClFN2O2S. The third-order valence-electron chi connectivity index (χ3n) is 6.75. The molecule has 7 heteroatoms. The molecule has 0 radical (unpaired) electrons. The normalized spacial score (nSPS) is 14.9. The molecule has 0 saturated carbocycles. The Morgan fingerprint density at radius 2 is 1.74 bits per heavy atom. The van der Waals surface area contributed by atoms with Gasteiger partial charge in [0.2, 0.25) is 10.0 Å². The van der Waals surface area contributed by atoms with Crippen LogP contribution >= 0.6 is 11.6 Å². The molecule has 0 amide bonds. The molecule has 0 unspecified atom stereocenters. The summed E-state index contributed by atoms with van der Waals surface area (Å²) >= 11 is 6.07. The smallest absolute Gasteiger partial charge is 0.243 e. The fraction of sp³-hybridized carbons (Fsp3) is 0.214. The molecule has 0 saturated heterocycles. The minimum absolute atomic E-state index is 0.0325. The zero-order valence-electron chi connectivity index (χ0n) is 19.6. The van der Waals surface area contributed by atoms with E-state index in [1.165, 1.54) is 16.4 Å². The van der Waals surface area contributed by atoms with Crippen molar-refractivity contribution in [3.8, 4) is 0 Å². The van der Waals surface area contributed by atoms with E-state index in [0.29, 0.717) is 23.6 Å². The van der Waals surface area contributed by atoms with Crippen molar-refractivity contribution < 1.29 is 12.8 Å². The van der Waals surface area contributed by atoms with Gasteiger partial charge in [0.25, 0.3) is 0 Å². The summed E-state index contributed by atoms with van der Waals surface area (Å²) in [4.78, 5) is 0.0325. The first-order chi connectivity index (χ1) is 16.8. The maximum atomic E-state index is 13.8. The zero-order chi connectivity index (χ0) is 24.7. The highest BCUT2D eigenvalue weighted by Gasteiger charge is 2.29. The molecule has 0 atom stereocenters. The minimum Gasteiger partial charge on any atom is -0.340 e. The highest BCUT2D eigenvalue weighted by molar-refractivity contribution is 7.89. The van der Waals surface area contributed by atoms with Crippen LogP contribution in [0.4, 0.5) is 4.39 Å². The van der Waals surface area contributed by atoms with Crippen molar-refractivity contribution >= 4 is 38.1 Å². The van der Waals surface area contributed by atoms with Crippen LogP contribution in [0, 0.1) is 19.7 Å². The Hall–Kier alpha value is -2.93. The second-order valence-corrected chi connectivity index (χ2v) is 11.3. The van der Waals surface area contributed by atoms with Crippen molar-refractivity contribution in [2.24, 2.45) is 0 Å². The van der Waals surface area contributed by atoms with Crippen LogP contribution in [0.5, 0.6) is 0 Å². The summed E-state index contributed by atoms with van der Waals surface area (Å²) in [5.41, 5.74) is 6.28. The van der Waals surface area contributed by atoms with Crippen LogP contribution in [0.3, 0.4) is 0 Å². The van der Waals surface area contributed by atoms with E-state index in [-0.39, 0.29) is 11.4 Å². The Balaban J connectivity index is 1.49. The Morgan fingerprint density at radius 1 is 1.00 bits per heavy atom. The summed E-state index contributed by atoms with van der Waals surface area (Å²) in [7, 11) is -3.78. The van der Waals surface area contributed by atoms with Crippen LogP contribution in [0.15, 0.2) is 77.7 Å². The molecule has 3 aromatic carbocycles. The molecule has 1 aliphatic heterocycles. The Morgan fingerprint density at radius 3 is 2.46 bits per heavy atom. The minimum atomic E-state index is -3.78. The Kier molecular flexibility index (Phi) is 6.30. The summed E-state index contributed by atoms with van der Waals surface area (Å²) in [5.74, 6) is -0.550. The van der Waals surface area contributed by atoms with Crippen molar-refractivity contribution in [3.63, 3.8) is 0 Å². The molecule has 2 heterocycles. The van der Waals surface area contributed by atoms with Gasteiger partial charge in [-0.1, -0.05) is 54.1 Å². The fourth-order valence-electron chi connectivity index (χ4n) is 4.90. The number of rotatable bonds is 5. The molecule has 0 fully saturated rings. The second-order valence-electron chi connectivity index (χ2n) is 8.94. The summed E-state index contributed by atoms with van der Waals surface area (Å²) in [6, 6.07) is 20.1. The largest absolute Gasteiger partial charge is 0.340 e. The summed E-state index contributed by atoms with van der Waals surface area (Å²) in [6.07, 6.45) is 2.58. The number of sulfonamides is 1. The first kappa shape index (κ1) is 23.8. The molecule has 1 aliphatic rings. The molecule has 35 heavy (non-hydrogen) atoms. The van der Waals surface area contributed by atoms with E-state index >= 15 is 0 Å². The van der Waals surface area contributed by atoms with Crippen LogP contribution < -0.4 is 0 Å². The highest BCUT2D eigenvalue weighted by atomic mass is 35.5. The average Bonchev–Trinajstić information content (AvgIpc) is 3.13. The molecule has 0 aliphatic carbocycles. The van der Waals surface area contributed by atoms with E-state index < -0.39 is 15.8 Å². The number of hydrogen-bond donors (Lipinski definition) is 0. The maximum Gasteiger partial charge on any atom is 0.243 e. The van der Waals surface area contributed by atoms with Gasteiger partial charge in [0.1, 0.15) is 5.82 Å². The zero-order valence-corrected chi connectivity index (χ0v) is 21.2. The first-order valence-electron chi connectivity index (χ1n) is 11.5. The molecule has 180 valence electrons. The SMILES string of the molecule is Cc1ccc(F)cc1S(=O)(=O)N1CC=C(c2c(C)n(Cc3ccc(Cl)cc3)c3ccccc23)CC1. The molecule has 0 bridgehead atoms. The summed E-state index contributed by atoms with van der Waals surface area (Å²) in [6.45, 7) is 5.13. The number of fused-ring (bicyclic) bond motifs is 1. The molecule has 0 spiro atoms. The van der Waals surface area contributed by atoms with Crippen LogP contribution in [0.2, 0.25) is 5.02 Å². The highest BCUT2D eigenvalue weighted by Crippen LogP contribution is 2.36. The van der Waals surface area contributed by atoms with Gasteiger partial charge in [-0.25, -0.2) is 12.8 Å². The standard InChI is InChI=1S/C28H26ClFN2O2S/c1-19-7-12-24(30)17-27(19)35(33,34)31-15-13-22(14-16-31)28-20(2)32(26-6-4-3-5-25(26)28)18-21-8-10-23(29)11-9-21/h3-13,17H,14-16,18H2,1-2H3. The van der Waals surface area contributed by atoms with E-state index in [2.05, 4.69) is 23.6 Å². The lowest BCUT2D eigenvalue weighted by Gasteiger charge is -2.27. The maximum absolute atomic E-state index is 13.8. The quantitative estimate of drug-likeness (QED) is 0.305. The number of benzene rings is 3. The van der Waals surface area contributed by atoms with Gasteiger partial charge in [0, 0.05) is 46.8 Å². The van der Waals surface area contributed by atoms with E-state index in [0.717, 1.165) is 45.9 Å². The fourth-order valence-corrected chi connectivity index (χ4v) is 6.64. The van der Waals surface area contributed by atoms with Crippen molar-refractivity contribution in [3.05, 3.63) is 106 Å². The first-order valence-corrected chi connectivity index (χ1v) is 13.4. The van der Waals surface area contributed by atoms with Crippen LogP contribution in [0.1, 0.15) is 28.8 Å². The lowest BCUT2D eigenvalue weighted by atomic mass is 9.97. The van der Waals surface area contributed by atoms with Gasteiger partial charge in [0.15, 0.2) is 0 Å². The third kappa shape index (κ3) is 4.42. The average molecular weight is 509 g/mol. The second kappa shape index (κ2) is 9.26. The van der Waals surface area contributed by atoms with Crippen molar-refractivity contribution in [2.75, 3.05) is 13.1 Å². The van der Waals surface area contributed by atoms with Gasteiger partial charge in [-0.15, -0.1) is 0 Å². The predicted molar refractivity (Wildman–Crippen MR) is 140 cm³/mol. The Bertz CT molecular complexity index is 1560. The molecule has 5 rings (SSSR count). The van der Waals surface area contributed by atoms with Gasteiger partial charge < -0.3 is 4.57 Å². The summed E-state index contributed by atoms with van der Waals surface area (Å²) < 4.78 is 44.0. The molecular weight excluding hydrogens is 483 g/mol. The lowest BCUT2D eigenvalue weighted by molar-refractivity contribution is 0.440. The van der Waals surface area contributed by atoms with Crippen LogP contribution in [0.25, 0.3) is 16.5 Å². The number of aromatic nitrogens is 1. The number of halogens is 2. The predicted octanol–water partition coefficient (Wildman–Crippen LogP) is 6.58. The Labute approximate surface area is 210 Å². The number of nitrogens with zero attached hydrogens (tertiary/aromatic N) is 2. The third-order valence-corrected chi connectivity index (χ3v) is 9.00. The molecule has 4 nitrogen and oxygen atoms in total. The van der Waals surface area contributed by atoms with Crippen LogP contribution in [-0.4, -0.2) is 30.4 Å². The van der Waals surface area contributed by atoms with Gasteiger partial charge in [0.05, 0.1) is 4.90 Å². The number of para-hydroxylation sites is 1. The van der Waals surface area contributed by atoms with Gasteiger partial charge in [-0.3, -0.25) is 0 Å². The monoisotopic (exact) mass is 508 g/mol. The molecule has 1 aromatic heterocycles. The summed E-state index contributed by atoms with van der Waals surface area (Å²) in [5, 5.41) is 1.87. The topological polar surface area (TPSA) is 42.3 Å². The molecule has 0 N–H and O–H groups in total. The lowest BCUT2D eigenvalue weighted by Crippen LogP contribution is -2.35. The van der Waals surface area contributed by atoms with Crippen molar-refractivity contribution in [1.29, 1.82) is 0 Å². The van der Waals surface area contributed by atoms with E-state index in [9.17, 15) is 12.8 Å². The van der Waals surface area contributed by atoms with Gasteiger partial charge in [-0.2, -0.15) is 4.31 Å². The van der Waals surface area contributed by atoms with Crippen molar-refractivity contribution in [1.82, 2.24) is 8.87 Å². The van der Waals surface area contributed by atoms with E-state index in [1.54, 1.807) is 6.92 Å². The number of hydrogen-bond acceptors (Lipinski definition) is 2. The van der Waals surface area contributed by atoms with Crippen molar-refractivity contribution in [2.45, 2.75) is 31.7 Å². The van der Waals surface area contributed by atoms with Crippen LogP contribution in [-0.2, 0) is 16.6 Å². The van der Waals surface area contributed by atoms with E-state index in [1.807, 2.05) is 42.5 Å².